The summed E-state index contributed by atoms with van der Waals surface area (Å²) in [6.07, 6.45) is 4.02. The number of rotatable bonds is 4. The zero-order valence-electron chi connectivity index (χ0n) is 11.4. The van der Waals surface area contributed by atoms with Gasteiger partial charge in [0.1, 0.15) is 0 Å². The maximum absolute atomic E-state index is 3.76. The largest absolute Gasteiger partial charge is 0.311 e. The molecule has 16 heavy (non-hydrogen) atoms. The van der Waals surface area contributed by atoms with E-state index in [-0.39, 0.29) is 0 Å². The summed E-state index contributed by atoms with van der Waals surface area (Å²) in [6, 6.07) is 2.41. The predicted molar refractivity (Wildman–Crippen MR) is 69.6 cm³/mol. The van der Waals surface area contributed by atoms with E-state index in [0.29, 0.717) is 0 Å². The van der Waals surface area contributed by atoms with E-state index in [1.165, 1.54) is 32.4 Å². The molecule has 94 valence electrons. The van der Waals surface area contributed by atoms with Crippen LogP contribution in [0.15, 0.2) is 0 Å². The van der Waals surface area contributed by atoms with Crippen molar-refractivity contribution < 1.29 is 0 Å². The zero-order chi connectivity index (χ0) is 11.7. The molecule has 5 atom stereocenters. The smallest absolute Gasteiger partial charge is 0.0221 e. The summed E-state index contributed by atoms with van der Waals surface area (Å²) in [5.41, 5.74) is 0. The quantitative estimate of drug-likeness (QED) is 0.789. The monoisotopic (exact) mass is 224 g/mol. The van der Waals surface area contributed by atoms with Gasteiger partial charge in [0, 0.05) is 31.2 Å². The molecule has 1 saturated heterocycles. The first kappa shape index (κ1) is 12.4. The second kappa shape index (κ2) is 5.05. The molecule has 0 radical (unpaired) electrons. The van der Waals surface area contributed by atoms with E-state index in [2.05, 4.69) is 37.9 Å². The Balaban J connectivity index is 1.95. The molecular formula is C14H28N2. The van der Waals surface area contributed by atoms with Crippen molar-refractivity contribution in [2.75, 3.05) is 13.1 Å². The first-order chi connectivity index (χ1) is 7.67. The highest BCUT2D eigenvalue weighted by Gasteiger charge is 2.43. The van der Waals surface area contributed by atoms with Crippen molar-refractivity contribution in [2.45, 2.75) is 65.1 Å². The van der Waals surface area contributed by atoms with Gasteiger partial charge >= 0.3 is 0 Å². The average Bonchev–Trinajstić information content (AvgIpc) is 3.04. The van der Waals surface area contributed by atoms with E-state index in [0.717, 1.165) is 30.0 Å². The highest BCUT2D eigenvalue weighted by atomic mass is 15.3. The summed E-state index contributed by atoms with van der Waals surface area (Å²) in [4.78, 5) is 2.80. The van der Waals surface area contributed by atoms with Crippen LogP contribution in [0.2, 0.25) is 0 Å². The third-order valence-corrected chi connectivity index (χ3v) is 4.79. The van der Waals surface area contributed by atoms with Gasteiger partial charge in [-0.3, -0.25) is 4.90 Å². The normalized spacial score (nSPS) is 42.0. The number of hydrogen-bond donors (Lipinski definition) is 1. The summed E-state index contributed by atoms with van der Waals surface area (Å²) < 4.78 is 0. The first-order valence-electron chi connectivity index (χ1n) is 7.16. The van der Waals surface area contributed by atoms with Gasteiger partial charge in [0.25, 0.3) is 0 Å². The van der Waals surface area contributed by atoms with Gasteiger partial charge in [0.15, 0.2) is 0 Å². The molecule has 0 aromatic heterocycles. The minimum atomic E-state index is 0.723. The molecule has 1 N–H and O–H groups in total. The van der Waals surface area contributed by atoms with Crippen LogP contribution in [0.4, 0.5) is 0 Å². The Morgan fingerprint density at radius 3 is 2.56 bits per heavy atom. The number of nitrogens with one attached hydrogen (secondary N) is 1. The molecule has 1 heterocycles. The number of nitrogens with zero attached hydrogens (tertiary/aromatic N) is 1. The summed E-state index contributed by atoms with van der Waals surface area (Å²) in [5, 5.41) is 3.76. The second-order valence-electron chi connectivity index (χ2n) is 5.94. The molecule has 5 unspecified atom stereocenters. The van der Waals surface area contributed by atoms with Crippen molar-refractivity contribution >= 4 is 0 Å². The third-order valence-electron chi connectivity index (χ3n) is 4.79. The van der Waals surface area contributed by atoms with E-state index in [4.69, 9.17) is 0 Å². The van der Waals surface area contributed by atoms with Crippen molar-refractivity contribution in [1.82, 2.24) is 10.2 Å². The molecule has 1 aliphatic heterocycles. The average molecular weight is 224 g/mol. The minimum Gasteiger partial charge on any atom is -0.311 e. The highest BCUT2D eigenvalue weighted by Crippen LogP contribution is 2.38. The molecule has 0 bridgehead atoms. The molecule has 0 aromatic carbocycles. The molecule has 2 aliphatic rings. The molecule has 2 nitrogen and oxygen atoms in total. The van der Waals surface area contributed by atoms with Gasteiger partial charge in [0.2, 0.25) is 0 Å². The predicted octanol–water partition coefficient (Wildman–Crippen LogP) is 2.49. The fraction of sp³-hybridized carbons (Fsp3) is 1.00. The zero-order valence-corrected chi connectivity index (χ0v) is 11.4. The molecule has 1 saturated carbocycles. The van der Waals surface area contributed by atoms with Crippen LogP contribution in [0.1, 0.15) is 47.0 Å². The maximum Gasteiger partial charge on any atom is 0.0221 e. The lowest BCUT2D eigenvalue weighted by molar-refractivity contribution is 0.0944. The van der Waals surface area contributed by atoms with E-state index in [1.54, 1.807) is 0 Å². The fourth-order valence-electron chi connectivity index (χ4n) is 3.06. The van der Waals surface area contributed by atoms with E-state index >= 15 is 0 Å². The van der Waals surface area contributed by atoms with Gasteiger partial charge in [-0.1, -0.05) is 34.1 Å². The summed E-state index contributed by atoms with van der Waals surface area (Å²) in [7, 11) is 0. The van der Waals surface area contributed by atoms with Crippen LogP contribution < -0.4 is 5.32 Å². The van der Waals surface area contributed by atoms with Crippen LogP contribution in [-0.2, 0) is 0 Å². The molecule has 2 rings (SSSR count). The standard InChI is InChI=1S/C14H28N2/c1-5-10(3)13-9-16(14-7-11(14)4)12(6-2)8-15-13/h10-15H,5-9H2,1-4H3. The lowest BCUT2D eigenvalue weighted by Gasteiger charge is -2.42. The molecule has 0 aromatic rings. The SMILES string of the molecule is CCC(C)C1CN(C2CC2C)C(CC)CN1. The highest BCUT2D eigenvalue weighted by molar-refractivity contribution is 4.99. The van der Waals surface area contributed by atoms with Crippen LogP contribution in [0.25, 0.3) is 0 Å². The van der Waals surface area contributed by atoms with Crippen LogP contribution in [0, 0.1) is 11.8 Å². The molecule has 0 amide bonds. The Labute approximate surface area is 101 Å². The van der Waals surface area contributed by atoms with Gasteiger partial charge in [-0.05, 0) is 24.7 Å². The topological polar surface area (TPSA) is 15.3 Å². The van der Waals surface area contributed by atoms with Gasteiger partial charge in [0.05, 0.1) is 0 Å². The van der Waals surface area contributed by atoms with Crippen molar-refractivity contribution in [3.63, 3.8) is 0 Å². The second-order valence-corrected chi connectivity index (χ2v) is 5.94. The molecule has 1 aliphatic carbocycles. The van der Waals surface area contributed by atoms with E-state index in [1.807, 2.05) is 0 Å². The molecule has 2 fully saturated rings. The van der Waals surface area contributed by atoms with Gasteiger partial charge < -0.3 is 5.32 Å². The molecule has 0 spiro atoms. The van der Waals surface area contributed by atoms with Gasteiger partial charge in [-0.25, -0.2) is 0 Å². The van der Waals surface area contributed by atoms with Crippen LogP contribution in [0.5, 0.6) is 0 Å². The third kappa shape index (κ3) is 2.43. The fourth-order valence-corrected chi connectivity index (χ4v) is 3.06. The van der Waals surface area contributed by atoms with Crippen molar-refractivity contribution in [2.24, 2.45) is 11.8 Å². The maximum atomic E-state index is 3.76. The van der Waals surface area contributed by atoms with Crippen LogP contribution >= 0.6 is 0 Å². The van der Waals surface area contributed by atoms with Gasteiger partial charge in [-0.2, -0.15) is 0 Å². The van der Waals surface area contributed by atoms with Crippen molar-refractivity contribution in [1.29, 1.82) is 0 Å². The van der Waals surface area contributed by atoms with Gasteiger partial charge in [-0.15, -0.1) is 0 Å². The van der Waals surface area contributed by atoms with Crippen LogP contribution in [-0.4, -0.2) is 36.1 Å². The van der Waals surface area contributed by atoms with E-state index in [9.17, 15) is 0 Å². The Morgan fingerprint density at radius 2 is 2.06 bits per heavy atom. The van der Waals surface area contributed by atoms with Crippen LogP contribution in [0.3, 0.4) is 0 Å². The summed E-state index contributed by atoms with van der Waals surface area (Å²) in [6.45, 7) is 11.9. The van der Waals surface area contributed by atoms with E-state index < -0.39 is 0 Å². The number of piperazine rings is 1. The minimum absolute atomic E-state index is 0.723. The van der Waals surface area contributed by atoms with Crippen molar-refractivity contribution in [3.8, 4) is 0 Å². The first-order valence-corrected chi connectivity index (χ1v) is 7.16. The Kier molecular flexibility index (Phi) is 3.91. The Bertz CT molecular complexity index is 229. The summed E-state index contributed by atoms with van der Waals surface area (Å²) >= 11 is 0. The Hall–Kier alpha value is -0.0800. The Morgan fingerprint density at radius 1 is 1.38 bits per heavy atom. The molecular weight excluding hydrogens is 196 g/mol. The van der Waals surface area contributed by atoms with Crippen molar-refractivity contribution in [3.05, 3.63) is 0 Å². The summed E-state index contributed by atoms with van der Waals surface area (Å²) in [5.74, 6) is 1.76. The molecule has 2 heteroatoms. The lowest BCUT2D eigenvalue weighted by atomic mass is 9.94. The lowest BCUT2D eigenvalue weighted by Crippen LogP contribution is -2.59. The number of hydrogen-bond acceptors (Lipinski definition) is 2.